The summed E-state index contributed by atoms with van der Waals surface area (Å²) in [6.45, 7) is 2.06. The number of benzene rings is 1. The van der Waals surface area contributed by atoms with Crippen molar-refractivity contribution in [2.75, 3.05) is 11.9 Å². The zero-order chi connectivity index (χ0) is 16.4. The molecular formula is C16H16N4O3. The Labute approximate surface area is 132 Å². The largest absolute Gasteiger partial charge is 0.461 e. The molecular weight excluding hydrogens is 296 g/mol. The van der Waals surface area contributed by atoms with Gasteiger partial charge in [-0.2, -0.15) is 5.10 Å². The molecule has 0 aliphatic heterocycles. The Kier molecular flexibility index (Phi) is 3.84. The first kappa shape index (κ1) is 14.8. The number of rotatable bonds is 4. The van der Waals surface area contributed by atoms with Gasteiger partial charge in [-0.05, 0) is 31.2 Å². The number of nitrogens with zero attached hydrogens (tertiary/aromatic N) is 2. The van der Waals surface area contributed by atoms with E-state index in [0.717, 1.165) is 10.9 Å². The molecule has 0 bridgehead atoms. The minimum absolute atomic E-state index is 0.260. The quantitative estimate of drug-likeness (QED) is 0.724. The van der Waals surface area contributed by atoms with Crippen LogP contribution in [0, 0.1) is 0 Å². The molecule has 118 valence electrons. The van der Waals surface area contributed by atoms with Crippen molar-refractivity contribution in [2.45, 2.75) is 6.92 Å². The van der Waals surface area contributed by atoms with Gasteiger partial charge in [0.2, 0.25) is 0 Å². The van der Waals surface area contributed by atoms with Crippen molar-refractivity contribution < 1.29 is 14.3 Å². The van der Waals surface area contributed by atoms with Crippen LogP contribution in [0.5, 0.6) is 0 Å². The molecule has 23 heavy (non-hydrogen) atoms. The molecule has 7 nitrogen and oxygen atoms in total. The van der Waals surface area contributed by atoms with E-state index < -0.39 is 5.97 Å². The number of nitrogens with one attached hydrogen (secondary N) is 2. The Morgan fingerprint density at radius 1 is 1.30 bits per heavy atom. The second kappa shape index (κ2) is 5.96. The third-order valence-electron chi connectivity index (χ3n) is 3.33. The molecule has 7 heteroatoms. The van der Waals surface area contributed by atoms with Gasteiger partial charge in [0.05, 0.1) is 6.61 Å². The van der Waals surface area contributed by atoms with E-state index in [-0.39, 0.29) is 5.91 Å². The first-order valence-electron chi connectivity index (χ1n) is 7.17. The summed E-state index contributed by atoms with van der Waals surface area (Å²) in [5.74, 6) is -0.188. The lowest BCUT2D eigenvalue weighted by Gasteiger charge is -2.02. The molecule has 0 saturated heterocycles. The Hall–Kier alpha value is -3.09. The van der Waals surface area contributed by atoms with Crippen molar-refractivity contribution in [1.29, 1.82) is 0 Å². The molecule has 2 heterocycles. The highest BCUT2D eigenvalue weighted by molar-refractivity contribution is 6.06. The second-order valence-corrected chi connectivity index (χ2v) is 5.03. The van der Waals surface area contributed by atoms with E-state index in [4.69, 9.17) is 4.74 Å². The molecule has 3 aromatic rings. The predicted molar refractivity (Wildman–Crippen MR) is 85.4 cm³/mol. The van der Waals surface area contributed by atoms with Gasteiger partial charge < -0.3 is 15.0 Å². The van der Waals surface area contributed by atoms with E-state index in [1.54, 1.807) is 55.2 Å². The van der Waals surface area contributed by atoms with Gasteiger partial charge in [0.25, 0.3) is 5.91 Å². The number of ether oxygens (including phenoxy) is 1. The van der Waals surface area contributed by atoms with E-state index in [1.807, 2.05) is 0 Å². The molecule has 2 aromatic heterocycles. The van der Waals surface area contributed by atoms with Crippen LogP contribution in [0.4, 0.5) is 5.82 Å². The van der Waals surface area contributed by atoms with Gasteiger partial charge >= 0.3 is 5.97 Å². The van der Waals surface area contributed by atoms with Crippen molar-refractivity contribution in [3.63, 3.8) is 0 Å². The zero-order valence-corrected chi connectivity index (χ0v) is 12.8. The fraction of sp³-hybridized carbons (Fsp3) is 0.188. The molecule has 3 rings (SSSR count). The van der Waals surface area contributed by atoms with Gasteiger partial charge in [0.1, 0.15) is 5.69 Å². The van der Waals surface area contributed by atoms with Crippen molar-refractivity contribution in [2.24, 2.45) is 7.05 Å². The van der Waals surface area contributed by atoms with Crippen molar-refractivity contribution in [3.8, 4) is 0 Å². The molecule has 0 unspecified atom stereocenters. The molecule has 0 radical (unpaired) electrons. The number of amides is 1. The molecule has 0 saturated carbocycles. The van der Waals surface area contributed by atoms with Gasteiger partial charge in [-0.1, -0.05) is 0 Å². The number of aromatic amines is 1. The lowest BCUT2D eigenvalue weighted by molar-refractivity contribution is 0.0520. The highest BCUT2D eigenvalue weighted by Gasteiger charge is 2.13. The van der Waals surface area contributed by atoms with E-state index in [0.29, 0.717) is 23.7 Å². The monoisotopic (exact) mass is 312 g/mol. The van der Waals surface area contributed by atoms with Crippen LogP contribution in [0.25, 0.3) is 10.9 Å². The lowest BCUT2D eigenvalue weighted by Crippen LogP contribution is -2.12. The molecule has 0 spiro atoms. The summed E-state index contributed by atoms with van der Waals surface area (Å²) >= 11 is 0. The highest BCUT2D eigenvalue weighted by Crippen LogP contribution is 2.18. The molecule has 1 amide bonds. The van der Waals surface area contributed by atoms with Gasteiger partial charge in [-0.3, -0.25) is 9.48 Å². The summed E-state index contributed by atoms with van der Waals surface area (Å²) in [5, 5.41) is 7.59. The van der Waals surface area contributed by atoms with Gasteiger partial charge in [0.15, 0.2) is 5.82 Å². The predicted octanol–water partition coefficient (Wildman–Crippen LogP) is 2.33. The first-order valence-corrected chi connectivity index (χ1v) is 7.17. The number of anilines is 1. The van der Waals surface area contributed by atoms with Crippen LogP contribution in [0.2, 0.25) is 0 Å². The molecule has 0 aliphatic rings. The topological polar surface area (TPSA) is 89.0 Å². The lowest BCUT2D eigenvalue weighted by atomic mass is 10.1. The average molecular weight is 312 g/mol. The Morgan fingerprint density at radius 2 is 2.13 bits per heavy atom. The maximum atomic E-state index is 12.2. The third kappa shape index (κ3) is 3.08. The minimum atomic E-state index is -0.414. The fourth-order valence-electron chi connectivity index (χ4n) is 2.26. The van der Waals surface area contributed by atoms with Crippen LogP contribution in [0.1, 0.15) is 27.8 Å². The Balaban J connectivity index is 1.84. The van der Waals surface area contributed by atoms with Crippen molar-refractivity contribution >= 4 is 28.6 Å². The van der Waals surface area contributed by atoms with Crippen LogP contribution in [0.3, 0.4) is 0 Å². The van der Waals surface area contributed by atoms with E-state index in [9.17, 15) is 9.59 Å². The average Bonchev–Trinajstić information content (AvgIpc) is 3.12. The summed E-state index contributed by atoms with van der Waals surface area (Å²) in [6, 6.07) is 8.54. The number of esters is 1. The number of aromatic nitrogens is 3. The second-order valence-electron chi connectivity index (χ2n) is 5.03. The fourth-order valence-corrected chi connectivity index (χ4v) is 2.26. The van der Waals surface area contributed by atoms with Crippen molar-refractivity contribution in [3.05, 3.63) is 47.8 Å². The van der Waals surface area contributed by atoms with E-state index in [2.05, 4.69) is 15.4 Å². The van der Waals surface area contributed by atoms with Crippen LogP contribution in [0.15, 0.2) is 36.5 Å². The number of aryl methyl sites for hydroxylation is 1. The zero-order valence-electron chi connectivity index (χ0n) is 12.8. The molecule has 2 N–H and O–H groups in total. The Morgan fingerprint density at radius 3 is 2.83 bits per heavy atom. The highest BCUT2D eigenvalue weighted by atomic mass is 16.5. The summed E-state index contributed by atoms with van der Waals surface area (Å²) in [6.07, 6.45) is 1.75. The van der Waals surface area contributed by atoms with Gasteiger partial charge in [-0.25, -0.2) is 4.79 Å². The molecule has 0 atom stereocenters. The summed E-state index contributed by atoms with van der Waals surface area (Å²) in [4.78, 5) is 27.0. The van der Waals surface area contributed by atoms with Gasteiger partial charge in [0, 0.05) is 35.8 Å². The standard InChI is InChI=1S/C16H16N4O3/c1-3-23-16(22)13-9-11-8-10(4-5-12(11)17-13)15(21)18-14-6-7-20(2)19-14/h4-9,17H,3H2,1-2H3,(H,18,19,21). The van der Waals surface area contributed by atoms with Crippen LogP contribution in [-0.2, 0) is 11.8 Å². The molecule has 1 aromatic carbocycles. The summed E-state index contributed by atoms with van der Waals surface area (Å²) in [7, 11) is 1.78. The number of carbonyl (C=O) groups is 2. The van der Waals surface area contributed by atoms with Crippen LogP contribution >= 0.6 is 0 Å². The van der Waals surface area contributed by atoms with Crippen LogP contribution in [-0.4, -0.2) is 33.2 Å². The number of hydrogen-bond donors (Lipinski definition) is 2. The maximum Gasteiger partial charge on any atom is 0.354 e. The molecule has 0 fully saturated rings. The normalized spacial score (nSPS) is 10.7. The van der Waals surface area contributed by atoms with E-state index in [1.165, 1.54) is 0 Å². The third-order valence-corrected chi connectivity index (χ3v) is 3.33. The smallest absolute Gasteiger partial charge is 0.354 e. The minimum Gasteiger partial charge on any atom is -0.461 e. The number of fused-ring (bicyclic) bond motifs is 1. The summed E-state index contributed by atoms with van der Waals surface area (Å²) in [5.41, 5.74) is 1.61. The number of hydrogen-bond acceptors (Lipinski definition) is 4. The number of H-pyrrole nitrogens is 1. The number of carbonyl (C=O) groups excluding carboxylic acids is 2. The van der Waals surface area contributed by atoms with E-state index >= 15 is 0 Å². The SMILES string of the molecule is CCOC(=O)c1cc2cc(C(=O)Nc3ccn(C)n3)ccc2[nH]1. The Bertz CT molecular complexity index is 878. The maximum absolute atomic E-state index is 12.2. The summed E-state index contributed by atoms with van der Waals surface area (Å²) < 4.78 is 6.56. The molecule has 0 aliphatic carbocycles. The van der Waals surface area contributed by atoms with Crippen LogP contribution < -0.4 is 5.32 Å². The van der Waals surface area contributed by atoms with Crippen molar-refractivity contribution in [1.82, 2.24) is 14.8 Å². The first-order chi connectivity index (χ1) is 11.1. The van der Waals surface area contributed by atoms with Gasteiger partial charge in [-0.15, -0.1) is 0 Å².